The number of benzene rings is 1. The van der Waals surface area contributed by atoms with Crippen molar-refractivity contribution < 1.29 is 18.7 Å². The van der Waals surface area contributed by atoms with Crippen molar-refractivity contribution in [1.29, 1.82) is 0 Å². The van der Waals surface area contributed by atoms with Crippen molar-refractivity contribution in [1.82, 2.24) is 14.9 Å². The Hall–Kier alpha value is -2.02. The van der Waals surface area contributed by atoms with Crippen LogP contribution in [0.15, 0.2) is 12.1 Å². The first-order valence-electron chi connectivity index (χ1n) is 6.35. The van der Waals surface area contributed by atoms with Crippen molar-refractivity contribution in [3.63, 3.8) is 0 Å². The van der Waals surface area contributed by atoms with E-state index in [9.17, 15) is 13.6 Å². The fraction of sp³-hybridized carbons (Fsp3) is 0.385. The van der Waals surface area contributed by atoms with Crippen LogP contribution in [0.4, 0.5) is 8.78 Å². The molecule has 1 aliphatic rings. The van der Waals surface area contributed by atoms with Gasteiger partial charge in [-0.25, -0.2) is 13.8 Å². The molecule has 0 spiro atoms. The van der Waals surface area contributed by atoms with Crippen LogP contribution in [0.1, 0.15) is 18.7 Å². The molecule has 0 aliphatic carbocycles. The topological polar surface area (TPSA) is 69.2 Å². The summed E-state index contributed by atoms with van der Waals surface area (Å²) >= 11 is 0. The molecule has 1 unspecified atom stereocenters. The molecular weight excluding hydrogens is 268 g/mol. The van der Waals surface area contributed by atoms with Gasteiger partial charge in [0.1, 0.15) is 11.9 Å². The first-order chi connectivity index (χ1) is 9.54. The zero-order valence-corrected chi connectivity index (χ0v) is 10.6. The molecule has 1 saturated heterocycles. The Balaban J connectivity index is 1.86. The van der Waals surface area contributed by atoms with E-state index >= 15 is 0 Å². The molecule has 5 nitrogen and oxygen atoms in total. The van der Waals surface area contributed by atoms with Crippen molar-refractivity contribution >= 4 is 17.0 Å². The minimum Gasteiger partial charge on any atom is -0.480 e. The number of aromatic amines is 1. The van der Waals surface area contributed by atoms with Crippen LogP contribution >= 0.6 is 0 Å². The number of fused-ring (bicyclic) bond motifs is 1. The van der Waals surface area contributed by atoms with E-state index in [2.05, 4.69) is 9.97 Å². The van der Waals surface area contributed by atoms with Crippen LogP contribution in [0.25, 0.3) is 11.0 Å². The van der Waals surface area contributed by atoms with Gasteiger partial charge in [-0.3, -0.25) is 9.69 Å². The van der Waals surface area contributed by atoms with E-state index in [1.165, 1.54) is 0 Å². The summed E-state index contributed by atoms with van der Waals surface area (Å²) in [7, 11) is 0. The highest BCUT2D eigenvalue weighted by Crippen LogP contribution is 2.21. The zero-order valence-electron chi connectivity index (χ0n) is 10.6. The number of carboxylic acids is 1. The van der Waals surface area contributed by atoms with E-state index in [-0.39, 0.29) is 0 Å². The van der Waals surface area contributed by atoms with Gasteiger partial charge in [0.05, 0.1) is 17.6 Å². The lowest BCUT2D eigenvalue weighted by atomic mass is 10.2. The SMILES string of the molecule is O=C(O)C1CCCN1Cc1nc2cc(F)c(F)cc2[nH]1. The minimum atomic E-state index is -0.944. The van der Waals surface area contributed by atoms with Crippen LogP contribution in [0, 0.1) is 11.6 Å². The maximum absolute atomic E-state index is 13.1. The summed E-state index contributed by atoms with van der Waals surface area (Å²) in [5.74, 6) is -2.22. The maximum atomic E-state index is 13.1. The van der Waals surface area contributed by atoms with E-state index in [0.29, 0.717) is 36.4 Å². The molecule has 2 N–H and O–H groups in total. The molecule has 1 aromatic carbocycles. The highest BCUT2D eigenvalue weighted by molar-refractivity contribution is 5.75. The van der Waals surface area contributed by atoms with Gasteiger partial charge in [-0.1, -0.05) is 0 Å². The first kappa shape index (κ1) is 13.0. The summed E-state index contributed by atoms with van der Waals surface area (Å²) in [6.07, 6.45) is 1.43. The van der Waals surface area contributed by atoms with E-state index < -0.39 is 23.6 Å². The van der Waals surface area contributed by atoms with Crippen molar-refractivity contribution in [2.75, 3.05) is 6.54 Å². The third-order valence-electron chi connectivity index (χ3n) is 3.57. The molecule has 1 fully saturated rings. The summed E-state index contributed by atoms with van der Waals surface area (Å²) in [6.45, 7) is 1.01. The highest BCUT2D eigenvalue weighted by Gasteiger charge is 2.30. The van der Waals surface area contributed by atoms with E-state index in [1.54, 1.807) is 4.90 Å². The van der Waals surface area contributed by atoms with Crippen molar-refractivity contribution in [3.05, 3.63) is 29.6 Å². The minimum absolute atomic E-state index is 0.328. The molecule has 0 saturated carbocycles. The summed E-state index contributed by atoms with van der Waals surface area (Å²) in [5.41, 5.74) is 0.745. The number of aromatic nitrogens is 2. The summed E-state index contributed by atoms with van der Waals surface area (Å²) in [5, 5.41) is 9.10. The van der Waals surface area contributed by atoms with Crippen LogP contribution in [-0.4, -0.2) is 38.5 Å². The lowest BCUT2D eigenvalue weighted by Gasteiger charge is -2.19. The third-order valence-corrected chi connectivity index (χ3v) is 3.57. The first-order valence-corrected chi connectivity index (χ1v) is 6.35. The molecule has 0 radical (unpaired) electrons. The van der Waals surface area contributed by atoms with Gasteiger partial charge in [0.15, 0.2) is 11.6 Å². The molecule has 2 heterocycles. The summed E-state index contributed by atoms with van der Waals surface area (Å²) < 4.78 is 26.2. The molecule has 1 aromatic heterocycles. The lowest BCUT2D eigenvalue weighted by Crippen LogP contribution is -2.35. The van der Waals surface area contributed by atoms with Gasteiger partial charge >= 0.3 is 5.97 Å². The van der Waals surface area contributed by atoms with Crippen LogP contribution in [0.2, 0.25) is 0 Å². The number of hydrogen-bond acceptors (Lipinski definition) is 3. The van der Waals surface area contributed by atoms with E-state index in [4.69, 9.17) is 5.11 Å². The van der Waals surface area contributed by atoms with Crippen LogP contribution in [0.3, 0.4) is 0 Å². The Morgan fingerprint density at radius 3 is 2.95 bits per heavy atom. The average Bonchev–Trinajstić information content (AvgIpc) is 2.97. The largest absolute Gasteiger partial charge is 0.480 e. The molecule has 20 heavy (non-hydrogen) atoms. The molecule has 106 valence electrons. The molecule has 1 atom stereocenters. The van der Waals surface area contributed by atoms with Crippen molar-refractivity contribution in [2.45, 2.75) is 25.4 Å². The number of carbonyl (C=O) groups is 1. The second-order valence-corrected chi connectivity index (χ2v) is 4.93. The standard InChI is InChI=1S/C13H13F2N3O2/c14-7-4-9-10(5-8(7)15)17-12(16-9)6-18-3-1-2-11(18)13(19)20/h4-5,11H,1-3,6H2,(H,16,17)(H,19,20). The van der Waals surface area contributed by atoms with Gasteiger partial charge in [-0.05, 0) is 19.4 Å². The molecule has 0 amide bonds. The van der Waals surface area contributed by atoms with Gasteiger partial charge in [-0.15, -0.1) is 0 Å². The third kappa shape index (κ3) is 2.24. The number of H-pyrrole nitrogens is 1. The Bertz CT molecular complexity index is 632. The Morgan fingerprint density at radius 2 is 2.20 bits per heavy atom. The number of rotatable bonds is 3. The van der Waals surface area contributed by atoms with Crippen molar-refractivity contribution in [2.24, 2.45) is 0 Å². The average molecular weight is 281 g/mol. The normalized spacial score (nSPS) is 19.8. The maximum Gasteiger partial charge on any atom is 0.320 e. The predicted molar refractivity (Wildman–Crippen MR) is 67.1 cm³/mol. The summed E-state index contributed by atoms with van der Waals surface area (Å²) in [6, 6.07) is 1.57. The molecule has 0 bridgehead atoms. The molecule has 3 rings (SSSR count). The van der Waals surface area contributed by atoms with Gasteiger partial charge < -0.3 is 10.1 Å². The number of aliphatic carboxylic acids is 1. The smallest absolute Gasteiger partial charge is 0.320 e. The number of hydrogen-bond donors (Lipinski definition) is 2. The number of nitrogens with zero attached hydrogens (tertiary/aromatic N) is 2. The van der Waals surface area contributed by atoms with Gasteiger partial charge in [0, 0.05) is 12.1 Å². The Labute approximate surface area is 113 Å². The number of nitrogens with one attached hydrogen (secondary N) is 1. The van der Waals surface area contributed by atoms with Crippen LogP contribution < -0.4 is 0 Å². The molecule has 1 aliphatic heterocycles. The van der Waals surface area contributed by atoms with E-state index in [1.807, 2.05) is 0 Å². The Morgan fingerprint density at radius 1 is 1.45 bits per heavy atom. The van der Waals surface area contributed by atoms with Crippen molar-refractivity contribution in [3.8, 4) is 0 Å². The quantitative estimate of drug-likeness (QED) is 0.901. The highest BCUT2D eigenvalue weighted by atomic mass is 19.2. The summed E-state index contributed by atoms with van der Waals surface area (Å²) in [4.78, 5) is 20.0. The van der Waals surface area contributed by atoms with E-state index in [0.717, 1.165) is 18.6 Å². The molecule has 2 aromatic rings. The molecular formula is C13H13F2N3O2. The molecule has 7 heteroatoms. The fourth-order valence-electron chi connectivity index (χ4n) is 2.62. The number of carboxylic acid groups (broad SMARTS) is 1. The van der Waals surface area contributed by atoms with Crippen LogP contribution in [0.5, 0.6) is 0 Å². The second-order valence-electron chi connectivity index (χ2n) is 4.93. The number of likely N-dealkylation sites (tertiary alicyclic amines) is 1. The zero-order chi connectivity index (χ0) is 14.3. The predicted octanol–water partition coefficient (Wildman–Crippen LogP) is 1.89. The number of halogens is 2. The second kappa shape index (κ2) is 4.82. The van der Waals surface area contributed by atoms with Gasteiger partial charge in [0.2, 0.25) is 0 Å². The van der Waals surface area contributed by atoms with Crippen LogP contribution in [-0.2, 0) is 11.3 Å². The monoisotopic (exact) mass is 281 g/mol. The Kier molecular flexibility index (Phi) is 3.13. The van der Waals surface area contributed by atoms with Gasteiger partial charge in [-0.2, -0.15) is 0 Å². The van der Waals surface area contributed by atoms with Gasteiger partial charge in [0.25, 0.3) is 0 Å². The number of imidazole rings is 1. The fourth-order valence-corrected chi connectivity index (χ4v) is 2.62. The lowest BCUT2D eigenvalue weighted by molar-refractivity contribution is -0.142.